The fraction of sp³-hybridized carbons (Fsp3) is 0.333. The third-order valence-electron chi connectivity index (χ3n) is 4.74. The van der Waals surface area contributed by atoms with E-state index in [0.29, 0.717) is 17.3 Å². The van der Waals surface area contributed by atoms with Crippen LogP contribution < -0.4 is 11.1 Å². The zero-order valence-electron chi connectivity index (χ0n) is 15.3. The van der Waals surface area contributed by atoms with Crippen molar-refractivity contribution in [1.82, 2.24) is 5.32 Å². The summed E-state index contributed by atoms with van der Waals surface area (Å²) in [6, 6.07) is 7.61. The minimum atomic E-state index is -0.295. The van der Waals surface area contributed by atoms with E-state index in [9.17, 15) is 4.79 Å². The lowest BCUT2D eigenvalue weighted by Crippen LogP contribution is -2.32. The Balaban J connectivity index is 1.71. The van der Waals surface area contributed by atoms with E-state index in [0.717, 1.165) is 35.3 Å². The van der Waals surface area contributed by atoms with Crippen molar-refractivity contribution in [3.05, 3.63) is 70.8 Å². The molecule has 3 rings (SSSR count). The number of allylic oxidation sites excluding steroid dienone is 2. The topological polar surface area (TPSA) is 67.5 Å². The number of nitrogens with one attached hydrogen (secondary N) is 1. The summed E-state index contributed by atoms with van der Waals surface area (Å²) in [5, 5.41) is 3.67. The lowest BCUT2D eigenvalue weighted by Gasteiger charge is -2.30. The van der Waals surface area contributed by atoms with Gasteiger partial charge in [0.1, 0.15) is 0 Å². The molecule has 2 aliphatic rings. The maximum absolute atomic E-state index is 12.4. The van der Waals surface area contributed by atoms with Crippen molar-refractivity contribution in [2.45, 2.75) is 32.2 Å². The number of nitrogens with two attached hydrogens (primary N) is 1. The normalized spacial score (nSPS) is 22.8. The number of hydrogen-bond donors (Lipinski definition) is 2. The summed E-state index contributed by atoms with van der Waals surface area (Å²) < 4.78 is 0. The van der Waals surface area contributed by atoms with Gasteiger partial charge in [-0.2, -0.15) is 0 Å². The number of amidine groups is 1. The molecule has 1 unspecified atom stereocenters. The van der Waals surface area contributed by atoms with Crippen LogP contribution in [0.25, 0.3) is 0 Å². The number of rotatable bonds is 4. The van der Waals surface area contributed by atoms with Gasteiger partial charge in [-0.1, -0.05) is 53.8 Å². The predicted octanol–water partition coefficient (Wildman–Crippen LogP) is 3.75. The van der Waals surface area contributed by atoms with E-state index in [1.165, 1.54) is 0 Å². The molecule has 1 aliphatic carbocycles. The molecule has 0 aromatic heterocycles. The van der Waals surface area contributed by atoms with E-state index in [1.54, 1.807) is 11.8 Å². The summed E-state index contributed by atoms with van der Waals surface area (Å²) in [7, 11) is 0. The third kappa shape index (κ3) is 4.47. The van der Waals surface area contributed by atoms with E-state index < -0.39 is 0 Å². The van der Waals surface area contributed by atoms with Crippen LogP contribution in [-0.2, 0) is 0 Å². The summed E-state index contributed by atoms with van der Waals surface area (Å²) in [6.07, 6.45) is 10.4. The minimum absolute atomic E-state index is 0.0550. The van der Waals surface area contributed by atoms with Crippen LogP contribution in [0, 0.1) is 6.92 Å². The highest BCUT2D eigenvalue weighted by Gasteiger charge is 2.30. The summed E-state index contributed by atoms with van der Waals surface area (Å²) in [4.78, 5) is 17.0. The molecule has 26 heavy (non-hydrogen) atoms. The van der Waals surface area contributed by atoms with Crippen LogP contribution in [0.5, 0.6) is 0 Å². The van der Waals surface area contributed by atoms with Gasteiger partial charge >= 0.3 is 0 Å². The number of carbonyl (C=O) groups is 1. The quantitative estimate of drug-likeness (QED) is 0.852. The molecule has 0 spiro atoms. The molecule has 0 saturated carbocycles. The maximum Gasteiger partial charge on any atom is 0.251 e. The molecule has 0 saturated heterocycles. The molecule has 0 radical (unpaired) electrons. The predicted molar refractivity (Wildman–Crippen MR) is 111 cm³/mol. The average Bonchev–Trinajstić information content (AvgIpc) is 2.86. The number of benzene rings is 1. The molecule has 1 aliphatic heterocycles. The van der Waals surface area contributed by atoms with Gasteiger partial charge in [0.05, 0.1) is 5.54 Å². The van der Waals surface area contributed by atoms with Crippen molar-refractivity contribution in [3.63, 3.8) is 0 Å². The molecular weight excluding hydrogens is 342 g/mol. The monoisotopic (exact) mass is 367 g/mol. The van der Waals surface area contributed by atoms with Crippen LogP contribution in [0.2, 0.25) is 0 Å². The first-order valence-corrected chi connectivity index (χ1v) is 9.85. The Kier molecular flexibility index (Phi) is 5.67. The van der Waals surface area contributed by atoms with E-state index >= 15 is 0 Å². The Morgan fingerprint density at radius 3 is 2.85 bits per heavy atom. The average molecular weight is 368 g/mol. The fourth-order valence-corrected chi connectivity index (χ4v) is 4.04. The Morgan fingerprint density at radius 1 is 1.35 bits per heavy atom. The maximum atomic E-state index is 12.4. The van der Waals surface area contributed by atoms with E-state index in [1.807, 2.05) is 31.2 Å². The van der Waals surface area contributed by atoms with Gasteiger partial charge in [0.25, 0.3) is 5.91 Å². The molecular formula is C21H25N3OS. The summed E-state index contributed by atoms with van der Waals surface area (Å²) in [5.74, 6) is 0.917. The highest BCUT2D eigenvalue weighted by molar-refractivity contribution is 8.13. The molecule has 1 atom stereocenters. The number of thioether (sulfide) groups is 1. The van der Waals surface area contributed by atoms with Crippen molar-refractivity contribution in [1.29, 1.82) is 0 Å². The molecule has 3 N–H and O–H groups in total. The first-order chi connectivity index (χ1) is 12.5. The number of aliphatic imine (C=N–C) groups is 1. The first-order valence-electron chi connectivity index (χ1n) is 8.87. The zero-order valence-corrected chi connectivity index (χ0v) is 16.1. The van der Waals surface area contributed by atoms with Crippen molar-refractivity contribution in [2.24, 2.45) is 10.7 Å². The molecule has 0 fully saturated rings. The summed E-state index contributed by atoms with van der Waals surface area (Å²) in [5.41, 5.74) is 9.73. The highest BCUT2D eigenvalue weighted by Crippen LogP contribution is 2.34. The molecule has 1 amide bonds. The van der Waals surface area contributed by atoms with Gasteiger partial charge in [0.2, 0.25) is 0 Å². The fourth-order valence-electron chi connectivity index (χ4n) is 3.06. The van der Waals surface area contributed by atoms with E-state index in [4.69, 9.17) is 5.73 Å². The lowest BCUT2D eigenvalue weighted by atomic mass is 9.88. The van der Waals surface area contributed by atoms with Crippen LogP contribution in [0.4, 0.5) is 0 Å². The van der Waals surface area contributed by atoms with Crippen LogP contribution in [0.15, 0.2) is 64.7 Å². The van der Waals surface area contributed by atoms with E-state index in [-0.39, 0.29) is 11.4 Å². The summed E-state index contributed by atoms with van der Waals surface area (Å²) >= 11 is 1.61. The van der Waals surface area contributed by atoms with Gasteiger partial charge in [0.15, 0.2) is 5.17 Å². The standard InChI is InChI=1S/C21H25N3OS/c1-15-7-9-17(10-8-15)19(25)23-14-16-5-3-4-6-18(13-16)21(2)11-12-26-20(22)24-21/h4-10,13H,3,11-12,14H2,1-2H3,(H2,22,24)(H,23,25). The Morgan fingerprint density at radius 2 is 2.12 bits per heavy atom. The lowest BCUT2D eigenvalue weighted by molar-refractivity contribution is 0.0957. The molecule has 0 bridgehead atoms. The molecule has 136 valence electrons. The number of hydrogen-bond acceptors (Lipinski definition) is 4. The SMILES string of the molecule is Cc1ccc(C(=O)NCC2=CCC=CC(C3(C)CCSC(N)=N3)=C2)cc1. The van der Waals surface area contributed by atoms with Gasteiger partial charge in [0, 0.05) is 17.9 Å². The van der Waals surface area contributed by atoms with Gasteiger partial charge in [-0.25, -0.2) is 0 Å². The highest BCUT2D eigenvalue weighted by atomic mass is 32.2. The van der Waals surface area contributed by atoms with Gasteiger partial charge < -0.3 is 11.1 Å². The molecule has 1 aromatic rings. The van der Waals surface area contributed by atoms with Crippen molar-refractivity contribution in [3.8, 4) is 0 Å². The van der Waals surface area contributed by atoms with Crippen LogP contribution in [0.3, 0.4) is 0 Å². The van der Waals surface area contributed by atoms with Gasteiger partial charge in [-0.05, 0) is 50.0 Å². The van der Waals surface area contributed by atoms with Crippen LogP contribution in [0.1, 0.15) is 35.7 Å². The second-order valence-corrected chi connectivity index (χ2v) is 8.00. The first kappa shape index (κ1) is 18.5. The number of nitrogens with zero attached hydrogens (tertiary/aromatic N) is 1. The molecule has 1 aromatic carbocycles. The Labute approximate surface area is 159 Å². The zero-order chi connectivity index (χ0) is 18.6. The molecule has 4 nitrogen and oxygen atoms in total. The second-order valence-electron chi connectivity index (χ2n) is 6.89. The van der Waals surface area contributed by atoms with Crippen molar-refractivity contribution in [2.75, 3.05) is 12.3 Å². The third-order valence-corrected chi connectivity index (χ3v) is 5.53. The number of carbonyl (C=O) groups excluding carboxylic acids is 1. The Bertz CT molecular complexity index is 805. The number of amides is 1. The van der Waals surface area contributed by atoms with Crippen LogP contribution >= 0.6 is 11.8 Å². The van der Waals surface area contributed by atoms with E-state index in [2.05, 4.69) is 41.5 Å². The van der Waals surface area contributed by atoms with Crippen molar-refractivity contribution < 1.29 is 4.79 Å². The smallest absolute Gasteiger partial charge is 0.251 e. The second kappa shape index (κ2) is 7.96. The minimum Gasteiger partial charge on any atom is -0.379 e. The largest absolute Gasteiger partial charge is 0.379 e. The molecule has 5 heteroatoms. The van der Waals surface area contributed by atoms with Gasteiger partial charge in [-0.3, -0.25) is 9.79 Å². The Hall–Kier alpha value is -2.27. The summed E-state index contributed by atoms with van der Waals surface area (Å²) in [6.45, 7) is 4.64. The number of aryl methyl sites for hydroxylation is 1. The molecule has 1 heterocycles. The van der Waals surface area contributed by atoms with Crippen LogP contribution in [-0.4, -0.2) is 28.9 Å². The van der Waals surface area contributed by atoms with Crippen molar-refractivity contribution >= 4 is 22.8 Å². The van der Waals surface area contributed by atoms with Gasteiger partial charge in [-0.15, -0.1) is 0 Å².